The van der Waals surface area contributed by atoms with E-state index in [1.807, 2.05) is 53.6 Å². The highest BCUT2D eigenvalue weighted by atomic mass is 31.2. The standard InChI is InChI=1S/C65H105N3O11P/c1-16-55-65(10,74)58(70)47(6)68(37-27-19-17-18-20-28-38-80(50-29-23-21-24-30-50,51-31-25-22-26-32-51)52-35-33-49(34-36-52)66(11)12)42-43(2)40-63(8,73)60(79-62-57(69)53(67(13)14)39-44(3)76-62)45(4)56(46(5)61(72)78-55)54-41-64(9,75-15)59(71)48(7)77-54/h21-26,29-36,43-48,53-60,62,69-71,73-74H,16-20,27-28,37-42H2,1-15H3/q+1/t43-,44-,45+,46-,47-,48+,53+,54?,55-,56+,57-,58-,59+,60-,62+,63-,64-,65-/m1/s1. The fourth-order valence-electron chi connectivity index (χ4n) is 14.0. The van der Waals surface area contributed by atoms with Crippen molar-refractivity contribution in [2.24, 2.45) is 23.7 Å². The van der Waals surface area contributed by atoms with Gasteiger partial charge in [-0.2, -0.15) is 0 Å². The molecule has 0 aromatic heterocycles. The van der Waals surface area contributed by atoms with Gasteiger partial charge in [0.2, 0.25) is 0 Å². The van der Waals surface area contributed by atoms with Crippen LogP contribution >= 0.6 is 7.26 Å². The number of likely N-dealkylation sites (N-methyl/N-ethyl adjacent to an activating group) is 1. The average molecular weight is 1140 g/mol. The third-order valence-corrected chi connectivity index (χ3v) is 23.3. The number of esters is 1. The monoisotopic (exact) mass is 1130 g/mol. The predicted octanol–water partition coefficient (Wildman–Crippen LogP) is 7.95. The molecule has 15 heteroatoms. The Balaban J connectivity index is 1.25. The van der Waals surface area contributed by atoms with Crippen LogP contribution in [0.2, 0.25) is 0 Å². The second-order valence-corrected chi connectivity index (χ2v) is 29.2. The summed E-state index contributed by atoms with van der Waals surface area (Å²) in [5.41, 5.74) is -3.25. The van der Waals surface area contributed by atoms with Crippen molar-refractivity contribution in [2.45, 2.75) is 217 Å². The van der Waals surface area contributed by atoms with E-state index in [0.717, 1.165) is 44.7 Å². The number of aliphatic hydroxyl groups is 5. The fourth-order valence-corrected chi connectivity index (χ4v) is 18.4. The van der Waals surface area contributed by atoms with Crippen LogP contribution < -0.4 is 20.8 Å². The first-order valence-electron chi connectivity index (χ1n) is 30.1. The van der Waals surface area contributed by atoms with Crippen molar-refractivity contribution in [3.63, 3.8) is 0 Å². The van der Waals surface area contributed by atoms with E-state index in [-0.39, 0.29) is 37.3 Å². The zero-order chi connectivity index (χ0) is 58.9. The number of carbonyl (C=O) groups is 1. The molecular formula is C65H105N3O11P+. The zero-order valence-electron chi connectivity index (χ0n) is 51.4. The topological polar surface area (TPSA) is 174 Å². The average Bonchev–Trinajstić information content (AvgIpc) is 3.45. The minimum atomic E-state index is -1.97. The lowest BCUT2D eigenvalue weighted by Crippen LogP contribution is -2.61. The number of benzene rings is 3. The summed E-state index contributed by atoms with van der Waals surface area (Å²) >= 11 is 0. The van der Waals surface area contributed by atoms with Crippen LogP contribution in [0.4, 0.5) is 5.69 Å². The minimum absolute atomic E-state index is 0.163. The number of rotatable bonds is 19. The Labute approximate surface area is 482 Å². The highest BCUT2D eigenvalue weighted by Crippen LogP contribution is 2.56. The van der Waals surface area contributed by atoms with E-state index in [2.05, 4.69) is 116 Å². The van der Waals surface area contributed by atoms with Gasteiger partial charge in [0.15, 0.2) is 6.29 Å². The summed E-state index contributed by atoms with van der Waals surface area (Å²) in [7, 11) is 7.59. The van der Waals surface area contributed by atoms with Crippen LogP contribution in [0.1, 0.15) is 133 Å². The number of hydrogen-bond donors (Lipinski definition) is 5. The van der Waals surface area contributed by atoms with Gasteiger partial charge in [0.05, 0.1) is 47.7 Å². The lowest BCUT2D eigenvalue weighted by atomic mass is 9.68. The van der Waals surface area contributed by atoms with Crippen LogP contribution in [0.25, 0.3) is 0 Å². The van der Waals surface area contributed by atoms with Gasteiger partial charge in [0, 0.05) is 57.9 Å². The van der Waals surface area contributed by atoms with Crippen LogP contribution in [-0.2, 0) is 28.5 Å². The summed E-state index contributed by atoms with van der Waals surface area (Å²) in [6.45, 7) is 19.6. The molecule has 0 saturated carbocycles. The van der Waals surface area contributed by atoms with E-state index in [1.165, 1.54) is 21.6 Å². The Morgan fingerprint density at radius 1 is 0.738 bits per heavy atom. The molecule has 3 aromatic rings. The first kappa shape index (κ1) is 66.1. The van der Waals surface area contributed by atoms with E-state index in [0.29, 0.717) is 19.5 Å². The van der Waals surface area contributed by atoms with Crippen molar-refractivity contribution in [1.29, 1.82) is 0 Å². The van der Waals surface area contributed by atoms with Gasteiger partial charge in [-0.25, -0.2) is 0 Å². The van der Waals surface area contributed by atoms with Crippen molar-refractivity contribution in [3.8, 4) is 0 Å². The van der Waals surface area contributed by atoms with Crippen LogP contribution in [0.15, 0.2) is 84.9 Å². The molecule has 5 N–H and O–H groups in total. The van der Waals surface area contributed by atoms with E-state index < -0.39 is 103 Å². The van der Waals surface area contributed by atoms with Gasteiger partial charge < -0.3 is 59.0 Å². The first-order chi connectivity index (χ1) is 37.7. The Hall–Kier alpha value is -3.08. The third-order valence-electron chi connectivity index (χ3n) is 18.8. The van der Waals surface area contributed by atoms with Crippen molar-refractivity contribution in [3.05, 3.63) is 84.9 Å². The van der Waals surface area contributed by atoms with Gasteiger partial charge in [-0.15, -0.1) is 0 Å². The van der Waals surface area contributed by atoms with Crippen LogP contribution in [0, 0.1) is 23.7 Å². The molecule has 0 aliphatic carbocycles. The highest BCUT2D eigenvalue weighted by Gasteiger charge is 2.55. The molecular weight excluding hydrogens is 1030 g/mol. The van der Waals surface area contributed by atoms with E-state index >= 15 is 0 Å². The maximum absolute atomic E-state index is 14.9. The largest absolute Gasteiger partial charge is 0.459 e. The number of hydrogen-bond acceptors (Lipinski definition) is 14. The SMILES string of the molecule is CC[C@H]1OC(=O)[C@H](C)[C@@H](C2C[C@@](C)(OC)[C@@H](O)[C@H](C)O2)[C@H](C)[C@@H](O[C@@H]2O[C@H](C)C[C@H](N(C)C)[C@H]2O)[C@](C)(O)C[C@@H](C)CN(CCCCCCCC[P+](c2ccccc2)(c2ccccc2)c2ccc(N(C)C)cc2)[C@H](C)[C@@H](O)[C@]1(C)O. The molecule has 0 bridgehead atoms. The molecule has 18 atom stereocenters. The maximum atomic E-state index is 14.9. The number of aliphatic hydroxyl groups excluding tert-OH is 3. The van der Waals surface area contributed by atoms with Crippen LogP contribution in [0.3, 0.4) is 0 Å². The van der Waals surface area contributed by atoms with Gasteiger partial charge in [0.25, 0.3) is 0 Å². The van der Waals surface area contributed by atoms with Gasteiger partial charge >= 0.3 is 5.97 Å². The Kier molecular flexibility index (Phi) is 23.7. The van der Waals surface area contributed by atoms with Crippen molar-refractivity contribution >= 4 is 34.8 Å². The van der Waals surface area contributed by atoms with Gasteiger partial charge in [-0.05, 0) is 161 Å². The molecule has 6 rings (SSSR count). The minimum Gasteiger partial charge on any atom is -0.459 e. The maximum Gasteiger partial charge on any atom is 0.309 e. The van der Waals surface area contributed by atoms with Crippen molar-refractivity contribution in [1.82, 2.24) is 9.80 Å². The smallest absolute Gasteiger partial charge is 0.309 e. The molecule has 0 radical (unpaired) electrons. The molecule has 0 spiro atoms. The van der Waals surface area contributed by atoms with Gasteiger partial charge in [0.1, 0.15) is 53.2 Å². The quantitative estimate of drug-likeness (QED) is 0.0445. The summed E-state index contributed by atoms with van der Waals surface area (Å²) < 4.78 is 32.4. The van der Waals surface area contributed by atoms with Crippen molar-refractivity contribution in [2.75, 3.05) is 59.5 Å². The second kappa shape index (κ2) is 28.7. The summed E-state index contributed by atoms with van der Waals surface area (Å²) in [4.78, 5) is 21.2. The zero-order valence-corrected chi connectivity index (χ0v) is 52.3. The van der Waals surface area contributed by atoms with E-state index in [4.69, 9.17) is 23.7 Å². The number of carbonyl (C=O) groups excluding carboxylic acids is 1. The van der Waals surface area contributed by atoms with Gasteiger partial charge in [-0.3, -0.25) is 9.69 Å². The molecule has 1 unspecified atom stereocenters. The number of anilines is 1. The second-order valence-electron chi connectivity index (χ2n) is 25.5. The third kappa shape index (κ3) is 15.2. The summed E-state index contributed by atoms with van der Waals surface area (Å²) in [5, 5.41) is 65.4. The summed E-state index contributed by atoms with van der Waals surface area (Å²) in [6.07, 6.45) is 0.378. The molecule has 3 heterocycles. The number of ether oxygens (including phenoxy) is 5. The lowest BCUT2D eigenvalue weighted by Gasteiger charge is -2.51. The molecule has 0 amide bonds. The Morgan fingerprint density at radius 3 is 1.85 bits per heavy atom. The van der Waals surface area contributed by atoms with Crippen molar-refractivity contribution < 1.29 is 54.0 Å². The molecule has 3 aliphatic heterocycles. The summed E-state index contributed by atoms with van der Waals surface area (Å²) in [6, 6.07) is 30.5. The summed E-state index contributed by atoms with van der Waals surface area (Å²) in [5.74, 6) is -3.01. The van der Waals surface area contributed by atoms with Gasteiger partial charge in [-0.1, -0.05) is 83.4 Å². The molecule has 3 saturated heterocycles. The molecule has 3 aliphatic rings. The Bertz CT molecular complexity index is 2290. The molecule has 80 heavy (non-hydrogen) atoms. The molecule has 3 aromatic carbocycles. The fraction of sp³-hybridized carbons (Fsp3) is 0.708. The number of nitrogens with zero attached hydrogens (tertiary/aromatic N) is 3. The molecule has 450 valence electrons. The predicted molar refractivity (Wildman–Crippen MR) is 324 cm³/mol. The van der Waals surface area contributed by atoms with Crippen LogP contribution in [-0.4, -0.2) is 180 Å². The number of methoxy groups -OCH3 is 1. The first-order valence-corrected chi connectivity index (χ1v) is 32.1. The number of unbranched alkanes of at least 4 members (excludes halogenated alkanes) is 5. The Morgan fingerprint density at radius 2 is 1.30 bits per heavy atom. The molecule has 3 fully saturated rings. The van der Waals surface area contributed by atoms with Crippen LogP contribution in [0.5, 0.6) is 0 Å². The lowest BCUT2D eigenvalue weighted by molar-refractivity contribution is -0.302. The van der Waals surface area contributed by atoms with E-state index in [9.17, 15) is 30.3 Å². The highest BCUT2D eigenvalue weighted by molar-refractivity contribution is 7.95. The number of cyclic esters (lactones) is 1. The van der Waals surface area contributed by atoms with E-state index in [1.54, 1.807) is 34.8 Å². The normalized spacial score (nSPS) is 36.5. The molecule has 14 nitrogen and oxygen atoms in total.